The van der Waals surface area contributed by atoms with E-state index in [9.17, 15) is 18.3 Å². The Bertz CT molecular complexity index is 903. The average molecular weight is 401 g/mol. The number of sulfonamides is 1. The lowest BCUT2D eigenvalue weighted by molar-refractivity contribution is 0.0702. The number of amides is 1. The zero-order chi connectivity index (χ0) is 18.2. The van der Waals surface area contributed by atoms with Crippen LogP contribution in [0.3, 0.4) is 0 Å². The molecule has 0 bridgehead atoms. The summed E-state index contributed by atoms with van der Waals surface area (Å²) in [6, 6.07) is 7.82. The Morgan fingerprint density at radius 3 is 2.44 bits per heavy atom. The maximum Gasteiger partial charge on any atom is 0.264 e. The molecule has 1 fully saturated rings. The van der Waals surface area contributed by atoms with Gasteiger partial charge in [0.15, 0.2) is 0 Å². The van der Waals surface area contributed by atoms with Crippen LogP contribution in [0.4, 0.5) is 0 Å². The first-order valence-electron chi connectivity index (χ1n) is 7.63. The molecular weight excluding hydrogens is 384 g/mol. The van der Waals surface area contributed by atoms with Crippen molar-refractivity contribution in [3.05, 3.63) is 45.1 Å². The molecule has 2 heterocycles. The summed E-state index contributed by atoms with van der Waals surface area (Å²) in [6.45, 7) is 2.71. The molecule has 1 amide bonds. The van der Waals surface area contributed by atoms with Gasteiger partial charge in [-0.1, -0.05) is 17.7 Å². The Morgan fingerprint density at radius 2 is 1.84 bits per heavy atom. The van der Waals surface area contributed by atoms with Crippen molar-refractivity contribution in [1.82, 2.24) is 9.21 Å². The quantitative estimate of drug-likeness (QED) is 0.858. The van der Waals surface area contributed by atoms with Crippen molar-refractivity contribution in [2.45, 2.75) is 11.8 Å². The van der Waals surface area contributed by atoms with Crippen LogP contribution in [0.2, 0.25) is 4.34 Å². The maximum atomic E-state index is 12.8. The molecule has 9 heteroatoms. The highest BCUT2D eigenvalue weighted by atomic mass is 35.5. The van der Waals surface area contributed by atoms with Crippen molar-refractivity contribution in [2.75, 3.05) is 26.2 Å². The van der Waals surface area contributed by atoms with Gasteiger partial charge in [0, 0.05) is 26.2 Å². The summed E-state index contributed by atoms with van der Waals surface area (Å²) in [5, 5.41) is 9.91. The molecule has 1 aromatic carbocycles. The van der Waals surface area contributed by atoms with Gasteiger partial charge in [0.25, 0.3) is 5.91 Å². The molecule has 0 unspecified atom stereocenters. The highest BCUT2D eigenvalue weighted by molar-refractivity contribution is 7.89. The molecule has 1 aliphatic rings. The largest absolute Gasteiger partial charge is 0.507 e. The van der Waals surface area contributed by atoms with Gasteiger partial charge in [-0.05, 0) is 36.8 Å². The van der Waals surface area contributed by atoms with E-state index in [0.717, 1.165) is 5.56 Å². The van der Waals surface area contributed by atoms with E-state index < -0.39 is 10.0 Å². The smallest absolute Gasteiger partial charge is 0.264 e. The molecule has 1 aromatic heterocycles. The topological polar surface area (TPSA) is 77.9 Å². The fraction of sp³-hybridized carbons (Fsp3) is 0.312. The predicted octanol–water partition coefficient (Wildman–Crippen LogP) is 2.56. The van der Waals surface area contributed by atoms with Crippen LogP contribution >= 0.6 is 22.9 Å². The lowest BCUT2D eigenvalue weighted by Crippen LogP contribution is -2.50. The van der Waals surface area contributed by atoms with E-state index in [1.807, 2.05) is 0 Å². The van der Waals surface area contributed by atoms with Crippen molar-refractivity contribution in [2.24, 2.45) is 0 Å². The summed E-state index contributed by atoms with van der Waals surface area (Å²) >= 11 is 7.06. The zero-order valence-electron chi connectivity index (χ0n) is 13.5. The van der Waals surface area contributed by atoms with Crippen molar-refractivity contribution < 1.29 is 18.3 Å². The van der Waals surface area contributed by atoms with Gasteiger partial charge in [-0.3, -0.25) is 4.79 Å². The first kappa shape index (κ1) is 18.2. The summed E-state index contributed by atoms with van der Waals surface area (Å²) in [6.07, 6.45) is 0. The van der Waals surface area contributed by atoms with Crippen molar-refractivity contribution in [3.8, 4) is 5.75 Å². The van der Waals surface area contributed by atoms with Gasteiger partial charge in [-0.25, -0.2) is 8.42 Å². The Labute approximate surface area is 155 Å². The minimum Gasteiger partial charge on any atom is -0.507 e. The maximum absolute atomic E-state index is 12.8. The van der Waals surface area contributed by atoms with Gasteiger partial charge in [0.2, 0.25) is 10.0 Å². The normalized spacial score (nSPS) is 16.2. The highest BCUT2D eigenvalue weighted by Crippen LogP contribution is 2.28. The standard InChI is InChI=1S/C16H17ClN2O4S2/c1-11-2-3-12(20)14(10-11)25(22,23)19-8-6-18(7-9-19)16(21)13-4-5-15(17)24-13/h2-5,10,20H,6-9H2,1H3. The fourth-order valence-corrected chi connectivity index (χ4v) is 5.28. The number of hydrogen-bond donors (Lipinski definition) is 1. The molecule has 3 rings (SSSR count). The summed E-state index contributed by atoms with van der Waals surface area (Å²) in [7, 11) is -3.80. The molecule has 1 saturated heterocycles. The second-order valence-corrected chi connectivity index (χ2v) is 9.39. The molecule has 0 saturated carbocycles. The Hall–Kier alpha value is -1.61. The summed E-state index contributed by atoms with van der Waals surface area (Å²) in [5.74, 6) is -0.412. The van der Waals surface area contributed by atoms with Gasteiger partial charge in [0.1, 0.15) is 10.6 Å². The molecule has 1 N–H and O–H groups in total. The first-order valence-corrected chi connectivity index (χ1v) is 10.3. The lowest BCUT2D eigenvalue weighted by Gasteiger charge is -2.33. The lowest BCUT2D eigenvalue weighted by atomic mass is 10.2. The molecule has 6 nitrogen and oxygen atoms in total. The van der Waals surface area contributed by atoms with Gasteiger partial charge >= 0.3 is 0 Å². The van der Waals surface area contributed by atoms with Gasteiger partial charge < -0.3 is 10.0 Å². The van der Waals surface area contributed by atoms with E-state index in [1.54, 1.807) is 30.0 Å². The number of rotatable bonds is 3. The van der Waals surface area contributed by atoms with E-state index in [2.05, 4.69) is 0 Å². The number of piperazine rings is 1. The number of nitrogens with zero attached hydrogens (tertiary/aromatic N) is 2. The molecule has 1 aliphatic heterocycles. The second kappa shape index (κ2) is 6.95. The zero-order valence-corrected chi connectivity index (χ0v) is 15.9. The summed E-state index contributed by atoms with van der Waals surface area (Å²) < 4.78 is 27.4. The van der Waals surface area contributed by atoms with E-state index in [-0.39, 0.29) is 29.6 Å². The number of benzene rings is 1. The number of carbonyl (C=O) groups is 1. The van der Waals surface area contributed by atoms with Gasteiger partial charge in [-0.2, -0.15) is 4.31 Å². The average Bonchev–Trinajstić information content (AvgIpc) is 3.03. The third-order valence-electron chi connectivity index (χ3n) is 4.04. The van der Waals surface area contributed by atoms with Crippen LogP contribution in [-0.2, 0) is 10.0 Å². The molecule has 0 radical (unpaired) electrons. The number of aryl methyl sites for hydroxylation is 1. The number of thiophene rings is 1. The first-order chi connectivity index (χ1) is 11.8. The number of phenolic OH excluding ortho intramolecular Hbond substituents is 1. The third-order valence-corrected chi connectivity index (χ3v) is 7.19. The minimum absolute atomic E-state index is 0.0997. The van der Waals surface area contributed by atoms with E-state index >= 15 is 0 Å². The molecule has 2 aromatic rings. The Kier molecular flexibility index (Phi) is 5.06. The minimum atomic E-state index is -3.80. The van der Waals surface area contributed by atoms with Gasteiger partial charge in [0.05, 0.1) is 9.21 Å². The SMILES string of the molecule is Cc1ccc(O)c(S(=O)(=O)N2CCN(C(=O)c3ccc(Cl)s3)CC2)c1. The van der Waals surface area contributed by atoms with E-state index in [4.69, 9.17) is 11.6 Å². The fourth-order valence-electron chi connectivity index (χ4n) is 2.68. The van der Waals surface area contributed by atoms with Crippen LogP contribution in [0.1, 0.15) is 15.2 Å². The molecular formula is C16H17ClN2O4S2. The summed E-state index contributed by atoms with van der Waals surface area (Å²) in [4.78, 5) is 14.5. The Morgan fingerprint density at radius 1 is 1.16 bits per heavy atom. The highest BCUT2D eigenvalue weighted by Gasteiger charge is 2.32. The molecule has 25 heavy (non-hydrogen) atoms. The third kappa shape index (κ3) is 3.67. The van der Waals surface area contributed by atoms with E-state index in [1.165, 1.54) is 27.8 Å². The molecule has 0 spiro atoms. The van der Waals surface area contributed by atoms with Gasteiger partial charge in [-0.15, -0.1) is 11.3 Å². The monoisotopic (exact) mass is 400 g/mol. The number of hydrogen-bond acceptors (Lipinski definition) is 5. The Balaban J connectivity index is 1.73. The number of carbonyl (C=O) groups excluding carboxylic acids is 1. The second-order valence-electron chi connectivity index (χ2n) is 5.77. The van der Waals surface area contributed by atoms with Crippen LogP contribution in [0.15, 0.2) is 35.2 Å². The number of aromatic hydroxyl groups is 1. The van der Waals surface area contributed by atoms with Crippen molar-refractivity contribution >= 4 is 38.9 Å². The number of halogens is 1. The predicted molar refractivity (Wildman–Crippen MR) is 96.8 cm³/mol. The van der Waals surface area contributed by atoms with Crippen LogP contribution in [0.5, 0.6) is 5.75 Å². The summed E-state index contributed by atoms with van der Waals surface area (Å²) in [5.41, 5.74) is 0.750. The van der Waals surface area contributed by atoms with Crippen LogP contribution in [0, 0.1) is 6.92 Å². The molecule has 0 aliphatic carbocycles. The van der Waals surface area contributed by atoms with E-state index in [0.29, 0.717) is 22.3 Å². The molecule has 134 valence electrons. The van der Waals surface area contributed by atoms with Crippen molar-refractivity contribution in [3.63, 3.8) is 0 Å². The molecule has 0 atom stereocenters. The van der Waals surface area contributed by atoms with Crippen LogP contribution < -0.4 is 0 Å². The van der Waals surface area contributed by atoms with Crippen molar-refractivity contribution in [1.29, 1.82) is 0 Å². The number of phenols is 1. The van der Waals surface area contributed by atoms with Crippen LogP contribution in [0.25, 0.3) is 0 Å². The van der Waals surface area contributed by atoms with Crippen LogP contribution in [-0.4, -0.2) is 54.8 Å².